The number of carbonyl (C=O) groups excluding carboxylic acids is 1. The SMILES string of the molecule is O=C1NC(CC2CCCCC2)C(C2SCCS2)O1. The summed E-state index contributed by atoms with van der Waals surface area (Å²) < 4.78 is 5.96. The minimum atomic E-state index is -0.200. The lowest BCUT2D eigenvalue weighted by Crippen LogP contribution is -2.38. The van der Waals surface area contributed by atoms with Gasteiger partial charge in [-0.15, -0.1) is 23.5 Å². The van der Waals surface area contributed by atoms with Crippen molar-refractivity contribution in [3.05, 3.63) is 0 Å². The number of amides is 1. The van der Waals surface area contributed by atoms with Gasteiger partial charge in [0.05, 0.1) is 10.6 Å². The number of carbonyl (C=O) groups is 1. The largest absolute Gasteiger partial charge is 0.442 e. The van der Waals surface area contributed by atoms with Crippen LogP contribution in [0.5, 0.6) is 0 Å². The maximum atomic E-state index is 11.5. The summed E-state index contributed by atoms with van der Waals surface area (Å²) in [5.74, 6) is 3.18. The molecule has 1 N–H and O–H groups in total. The number of ether oxygens (including phenoxy) is 1. The molecule has 0 aromatic heterocycles. The monoisotopic (exact) mass is 287 g/mol. The molecule has 2 heterocycles. The molecular weight excluding hydrogens is 266 g/mol. The van der Waals surface area contributed by atoms with E-state index >= 15 is 0 Å². The third kappa shape index (κ3) is 2.93. The predicted molar refractivity (Wildman–Crippen MR) is 77.1 cm³/mol. The van der Waals surface area contributed by atoms with Crippen LogP contribution in [0.2, 0.25) is 0 Å². The smallest absolute Gasteiger partial charge is 0.407 e. The van der Waals surface area contributed by atoms with Gasteiger partial charge in [0.1, 0.15) is 6.10 Å². The molecule has 0 aromatic rings. The average molecular weight is 287 g/mol. The predicted octanol–water partition coefficient (Wildman–Crippen LogP) is 3.24. The lowest BCUT2D eigenvalue weighted by molar-refractivity contribution is 0.135. The van der Waals surface area contributed by atoms with Gasteiger partial charge in [0, 0.05) is 11.5 Å². The van der Waals surface area contributed by atoms with Crippen LogP contribution in [-0.4, -0.2) is 34.3 Å². The van der Waals surface area contributed by atoms with Gasteiger partial charge in [0.15, 0.2) is 0 Å². The van der Waals surface area contributed by atoms with E-state index in [0.717, 1.165) is 12.3 Å². The molecule has 2 atom stereocenters. The zero-order valence-corrected chi connectivity index (χ0v) is 12.2. The second-order valence-corrected chi connectivity index (χ2v) is 8.27. The summed E-state index contributed by atoms with van der Waals surface area (Å²) in [5, 5.41) is 3.04. The highest BCUT2D eigenvalue weighted by atomic mass is 32.2. The molecule has 2 unspecified atom stereocenters. The van der Waals surface area contributed by atoms with E-state index in [-0.39, 0.29) is 18.2 Å². The number of rotatable bonds is 3. The Hall–Kier alpha value is -0.0300. The van der Waals surface area contributed by atoms with Crippen molar-refractivity contribution in [1.82, 2.24) is 5.32 Å². The summed E-state index contributed by atoms with van der Waals surface area (Å²) in [7, 11) is 0. The van der Waals surface area contributed by atoms with E-state index in [1.165, 1.54) is 43.6 Å². The topological polar surface area (TPSA) is 38.3 Å². The Kier molecular flexibility index (Phi) is 4.29. The fourth-order valence-electron chi connectivity index (χ4n) is 3.26. The zero-order valence-electron chi connectivity index (χ0n) is 10.6. The van der Waals surface area contributed by atoms with Crippen molar-refractivity contribution in [2.24, 2.45) is 5.92 Å². The average Bonchev–Trinajstić information content (AvgIpc) is 3.00. The van der Waals surface area contributed by atoms with Crippen molar-refractivity contribution in [3.63, 3.8) is 0 Å². The molecule has 5 heteroatoms. The number of hydrogen-bond acceptors (Lipinski definition) is 4. The van der Waals surface area contributed by atoms with Crippen LogP contribution in [0.15, 0.2) is 0 Å². The van der Waals surface area contributed by atoms with Gasteiger partial charge < -0.3 is 10.1 Å². The number of cyclic esters (lactones) is 1. The number of hydrogen-bond donors (Lipinski definition) is 1. The van der Waals surface area contributed by atoms with Crippen LogP contribution in [0.3, 0.4) is 0 Å². The molecule has 3 aliphatic rings. The van der Waals surface area contributed by atoms with Gasteiger partial charge in [0.25, 0.3) is 0 Å². The quantitative estimate of drug-likeness (QED) is 0.865. The third-order valence-electron chi connectivity index (χ3n) is 4.17. The minimum Gasteiger partial charge on any atom is -0.442 e. The molecule has 3 fully saturated rings. The molecule has 0 bridgehead atoms. The second kappa shape index (κ2) is 5.95. The van der Waals surface area contributed by atoms with Crippen LogP contribution in [0.4, 0.5) is 4.79 Å². The van der Waals surface area contributed by atoms with Gasteiger partial charge >= 0.3 is 6.09 Å². The fourth-order valence-corrected chi connectivity index (χ4v) is 6.33. The van der Waals surface area contributed by atoms with Gasteiger partial charge in [0.2, 0.25) is 0 Å². The molecule has 18 heavy (non-hydrogen) atoms. The van der Waals surface area contributed by atoms with Crippen molar-refractivity contribution >= 4 is 29.6 Å². The van der Waals surface area contributed by atoms with Crippen LogP contribution in [-0.2, 0) is 4.74 Å². The molecule has 1 saturated carbocycles. The maximum Gasteiger partial charge on any atom is 0.407 e. The second-order valence-electron chi connectivity index (χ2n) is 5.47. The van der Waals surface area contributed by atoms with Gasteiger partial charge in [-0.3, -0.25) is 0 Å². The Bertz CT molecular complexity index is 301. The first-order valence-electron chi connectivity index (χ1n) is 7.03. The highest BCUT2D eigenvalue weighted by Gasteiger charge is 2.42. The van der Waals surface area contributed by atoms with E-state index in [1.54, 1.807) is 0 Å². The van der Waals surface area contributed by atoms with Gasteiger partial charge in [-0.2, -0.15) is 0 Å². The van der Waals surface area contributed by atoms with E-state index in [2.05, 4.69) is 5.32 Å². The number of alkyl carbamates (subject to hydrolysis) is 1. The van der Waals surface area contributed by atoms with Crippen molar-refractivity contribution in [2.75, 3.05) is 11.5 Å². The Labute approximate surface area is 117 Å². The Morgan fingerprint density at radius 2 is 1.89 bits per heavy atom. The zero-order chi connectivity index (χ0) is 12.4. The molecule has 0 radical (unpaired) electrons. The highest BCUT2D eigenvalue weighted by Crippen LogP contribution is 2.40. The number of thioether (sulfide) groups is 2. The molecule has 2 saturated heterocycles. The molecule has 102 valence electrons. The summed E-state index contributed by atoms with van der Waals surface area (Å²) in [5.41, 5.74) is 0. The lowest BCUT2D eigenvalue weighted by atomic mass is 9.84. The van der Waals surface area contributed by atoms with Crippen LogP contribution >= 0.6 is 23.5 Å². The molecular formula is C13H21NO2S2. The van der Waals surface area contributed by atoms with Crippen LogP contribution in [0, 0.1) is 5.92 Å². The normalized spacial score (nSPS) is 34.6. The summed E-state index contributed by atoms with van der Waals surface area (Å²) in [6, 6.07) is 0.253. The van der Waals surface area contributed by atoms with Crippen molar-refractivity contribution in [3.8, 4) is 0 Å². The van der Waals surface area contributed by atoms with E-state index in [4.69, 9.17) is 4.74 Å². The van der Waals surface area contributed by atoms with Gasteiger partial charge in [-0.05, 0) is 12.3 Å². The van der Waals surface area contributed by atoms with Crippen molar-refractivity contribution in [1.29, 1.82) is 0 Å². The van der Waals surface area contributed by atoms with Crippen molar-refractivity contribution in [2.45, 2.75) is 55.3 Å². The molecule has 1 aliphatic carbocycles. The van der Waals surface area contributed by atoms with Crippen LogP contribution < -0.4 is 5.32 Å². The first-order chi connectivity index (χ1) is 8.83. The van der Waals surface area contributed by atoms with E-state index in [9.17, 15) is 4.79 Å². The molecule has 3 nitrogen and oxygen atoms in total. The first kappa shape index (κ1) is 13.0. The Morgan fingerprint density at radius 1 is 1.17 bits per heavy atom. The first-order valence-corrected chi connectivity index (χ1v) is 9.13. The number of nitrogens with one attached hydrogen (secondary N) is 1. The third-order valence-corrected chi connectivity index (χ3v) is 7.32. The Balaban J connectivity index is 1.59. The van der Waals surface area contributed by atoms with Gasteiger partial charge in [-0.1, -0.05) is 32.1 Å². The van der Waals surface area contributed by atoms with Gasteiger partial charge in [-0.25, -0.2) is 4.79 Å². The summed E-state index contributed by atoms with van der Waals surface area (Å²) in [6.07, 6.45) is 7.81. The lowest BCUT2D eigenvalue weighted by Gasteiger charge is -2.27. The maximum absolute atomic E-state index is 11.5. The molecule has 3 rings (SSSR count). The van der Waals surface area contributed by atoms with Crippen molar-refractivity contribution < 1.29 is 9.53 Å². The van der Waals surface area contributed by atoms with E-state index < -0.39 is 0 Å². The standard InChI is InChI=1S/C13H21NO2S2/c15-13-14-10(8-9-4-2-1-3-5-9)11(16-13)12-17-6-7-18-12/h9-12H,1-8H2,(H,14,15). The summed E-state index contributed by atoms with van der Waals surface area (Å²) in [6.45, 7) is 0. The molecule has 0 spiro atoms. The molecule has 0 aromatic carbocycles. The highest BCUT2D eigenvalue weighted by molar-refractivity contribution is 8.20. The van der Waals surface area contributed by atoms with Crippen LogP contribution in [0.1, 0.15) is 38.5 Å². The summed E-state index contributed by atoms with van der Waals surface area (Å²) in [4.78, 5) is 11.5. The molecule has 1 amide bonds. The molecule has 2 aliphatic heterocycles. The van der Waals surface area contributed by atoms with E-state index in [1.807, 2.05) is 23.5 Å². The van der Waals surface area contributed by atoms with Crippen LogP contribution in [0.25, 0.3) is 0 Å². The Morgan fingerprint density at radius 3 is 2.61 bits per heavy atom. The minimum absolute atomic E-state index is 0.0944. The van der Waals surface area contributed by atoms with E-state index in [0.29, 0.717) is 4.58 Å². The summed E-state index contributed by atoms with van der Waals surface area (Å²) >= 11 is 3.91. The fraction of sp³-hybridized carbons (Fsp3) is 0.923.